The summed E-state index contributed by atoms with van der Waals surface area (Å²) in [5.41, 5.74) is 0. The van der Waals surface area contributed by atoms with Gasteiger partial charge in [0.1, 0.15) is 18.2 Å². The average molecular weight is 144 g/mol. The molecule has 1 rings (SSSR count). The maximum Gasteiger partial charge on any atom is 0.145 e. The number of hydrogen-bond acceptors (Lipinski definition) is 2. The van der Waals surface area contributed by atoms with Gasteiger partial charge >= 0.3 is 0 Å². The van der Waals surface area contributed by atoms with Gasteiger partial charge in [-0.15, -0.1) is 0 Å². The second kappa shape index (κ2) is 2.90. The summed E-state index contributed by atoms with van der Waals surface area (Å²) in [6.45, 7) is 0. The van der Waals surface area contributed by atoms with Crippen LogP contribution in [0.25, 0.3) is 0 Å². The fourth-order valence-electron chi connectivity index (χ4n) is 1.14. The first kappa shape index (κ1) is 7.38. The number of carbonyl (C=O) groups is 2. The van der Waals surface area contributed by atoms with E-state index in [-0.39, 0.29) is 12.2 Å². The van der Waals surface area contributed by atoms with Gasteiger partial charge in [0.2, 0.25) is 0 Å². The summed E-state index contributed by atoms with van der Waals surface area (Å²) in [4.78, 5) is 20.9. The Morgan fingerprint density at radius 2 is 2.20 bits per heavy atom. The highest BCUT2D eigenvalue weighted by Crippen LogP contribution is 2.21. The van der Waals surface area contributed by atoms with Crippen molar-refractivity contribution in [1.82, 2.24) is 0 Å². The molecule has 0 aromatic heterocycles. The molecule has 2 nitrogen and oxygen atoms in total. The lowest BCUT2D eigenvalue weighted by atomic mass is 9.88. The van der Waals surface area contributed by atoms with Crippen molar-refractivity contribution in [3.8, 4) is 0 Å². The second-order valence-electron chi connectivity index (χ2n) is 2.59. The van der Waals surface area contributed by atoms with Crippen LogP contribution in [0, 0.1) is 5.92 Å². The predicted molar refractivity (Wildman–Crippen MR) is 33.3 cm³/mol. The van der Waals surface area contributed by atoms with Crippen molar-refractivity contribution in [1.29, 1.82) is 0 Å². The lowest BCUT2D eigenvalue weighted by Crippen LogP contribution is -2.26. The normalized spacial score (nSPS) is 33.9. The molecule has 0 heterocycles. The molecule has 1 saturated carbocycles. The van der Waals surface area contributed by atoms with Gasteiger partial charge in [-0.05, 0) is 12.8 Å². The van der Waals surface area contributed by atoms with Gasteiger partial charge in [0.15, 0.2) is 0 Å². The van der Waals surface area contributed by atoms with Crippen molar-refractivity contribution in [3.63, 3.8) is 0 Å². The largest absolute Gasteiger partial charge is 0.303 e. The zero-order valence-electron chi connectivity index (χ0n) is 5.55. The Balaban J connectivity index is 2.51. The van der Waals surface area contributed by atoms with E-state index in [1.165, 1.54) is 0 Å². The first-order valence-corrected chi connectivity index (χ1v) is 3.36. The van der Waals surface area contributed by atoms with Gasteiger partial charge in [-0.2, -0.15) is 0 Å². The first-order valence-electron chi connectivity index (χ1n) is 3.36. The van der Waals surface area contributed by atoms with E-state index in [1.54, 1.807) is 0 Å². The number of halogens is 1. The monoisotopic (exact) mass is 144 g/mol. The molecule has 0 aliphatic heterocycles. The van der Waals surface area contributed by atoms with E-state index in [0.717, 1.165) is 0 Å². The van der Waals surface area contributed by atoms with Crippen molar-refractivity contribution >= 4 is 12.1 Å². The number of carbonyl (C=O) groups excluding carboxylic acids is 2. The summed E-state index contributed by atoms with van der Waals surface area (Å²) in [6, 6.07) is 0. The zero-order valence-corrected chi connectivity index (χ0v) is 5.55. The second-order valence-corrected chi connectivity index (χ2v) is 2.59. The fourth-order valence-corrected chi connectivity index (χ4v) is 1.14. The molecular weight excluding hydrogens is 135 g/mol. The topological polar surface area (TPSA) is 34.1 Å². The van der Waals surface area contributed by atoms with Crippen molar-refractivity contribution in [2.24, 2.45) is 5.92 Å². The highest BCUT2D eigenvalue weighted by molar-refractivity contribution is 5.94. The molecule has 0 aromatic rings. The van der Waals surface area contributed by atoms with E-state index in [9.17, 15) is 14.0 Å². The van der Waals surface area contributed by atoms with Gasteiger partial charge < -0.3 is 4.79 Å². The Labute approximate surface area is 58.4 Å². The smallest absolute Gasteiger partial charge is 0.145 e. The van der Waals surface area contributed by atoms with Gasteiger partial charge in [-0.25, -0.2) is 4.39 Å². The maximum atomic E-state index is 12.4. The Morgan fingerprint density at radius 3 is 2.70 bits per heavy atom. The summed E-state index contributed by atoms with van der Waals surface area (Å²) in [5.74, 6) is -0.763. The highest BCUT2D eigenvalue weighted by atomic mass is 19.1. The van der Waals surface area contributed by atoms with Crippen molar-refractivity contribution in [2.75, 3.05) is 0 Å². The van der Waals surface area contributed by atoms with Gasteiger partial charge in [0, 0.05) is 6.42 Å². The number of rotatable bonds is 1. The van der Waals surface area contributed by atoms with E-state index >= 15 is 0 Å². The van der Waals surface area contributed by atoms with E-state index in [1.807, 2.05) is 0 Å². The standard InChI is InChI=1S/C7H9FO2/c8-6-2-1-5(4-9)7(10)3-6/h4-6H,1-3H2. The Hall–Kier alpha value is -0.730. The zero-order chi connectivity index (χ0) is 7.56. The molecule has 56 valence electrons. The quantitative estimate of drug-likeness (QED) is 0.404. The third-order valence-corrected chi connectivity index (χ3v) is 1.79. The Kier molecular flexibility index (Phi) is 2.14. The summed E-state index contributed by atoms with van der Waals surface area (Å²) < 4.78 is 12.4. The molecule has 0 spiro atoms. The van der Waals surface area contributed by atoms with Gasteiger partial charge in [0.25, 0.3) is 0 Å². The first-order chi connectivity index (χ1) is 4.74. The molecule has 0 aromatic carbocycles. The highest BCUT2D eigenvalue weighted by Gasteiger charge is 2.27. The molecule has 0 amide bonds. The van der Waals surface area contributed by atoms with Crippen molar-refractivity contribution < 1.29 is 14.0 Å². The molecule has 1 aliphatic carbocycles. The number of Topliss-reactive ketones (excluding diaryl/α,β-unsaturated/α-hetero) is 1. The minimum atomic E-state index is -1.01. The van der Waals surface area contributed by atoms with Gasteiger partial charge in [-0.1, -0.05) is 0 Å². The van der Waals surface area contributed by atoms with E-state index in [2.05, 4.69) is 0 Å². The van der Waals surface area contributed by atoms with Crippen LogP contribution in [0.1, 0.15) is 19.3 Å². The number of aldehydes is 1. The van der Waals surface area contributed by atoms with E-state index in [0.29, 0.717) is 19.1 Å². The minimum absolute atomic E-state index is 0.0661. The molecule has 1 aliphatic rings. The number of alkyl halides is 1. The van der Waals surface area contributed by atoms with Crippen molar-refractivity contribution in [2.45, 2.75) is 25.4 Å². The number of ketones is 1. The molecule has 0 bridgehead atoms. The van der Waals surface area contributed by atoms with Crippen LogP contribution in [-0.2, 0) is 9.59 Å². The molecule has 0 N–H and O–H groups in total. The Bertz CT molecular complexity index is 156. The molecule has 0 saturated heterocycles. The SMILES string of the molecule is O=CC1CCC(F)CC1=O. The van der Waals surface area contributed by atoms with Crippen LogP contribution in [0.15, 0.2) is 0 Å². The van der Waals surface area contributed by atoms with E-state index < -0.39 is 12.1 Å². The molecule has 1 fully saturated rings. The number of hydrogen-bond donors (Lipinski definition) is 0. The third kappa shape index (κ3) is 1.40. The average Bonchev–Trinajstić information content (AvgIpc) is 1.88. The molecule has 10 heavy (non-hydrogen) atoms. The lowest BCUT2D eigenvalue weighted by molar-refractivity contribution is -0.130. The van der Waals surface area contributed by atoms with Crippen LogP contribution >= 0.6 is 0 Å². The van der Waals surface area contributed by atoms with Crippen LogP contribution < -0.4 is 0 Å². The van der Waals surface area contributed by atoms with Gasteiger partial charge in [0.05, 0.1) is 5.92 Å². The predicted octanol–water partition coefficient (Wildman–Crippen LogP) is 0.893. The molecule has 0 radical (unpaired) electrons. The summed E-state index contributed by atoms with van der Waals surface area (Å²) in [5, 5.41) is 0. The fraction of sp³-hybridized carbons (Fsp3) is 0.714. The molecule has 2 atom stereocenters. The minimum Gasteiger partial charge on any atom is -0.303 e. The molecular formula is C7H9FO2. The molecule has 3 heteroatoms. The van der Waals surface area contributed by atoms with Crippen LogP contribution in [0.4, 0.5) is 4.39 Å². The summed E-state index contributed by atoms with van der Waals surface area (Å²) in [6.07, 6.45) is 0.291. The van der Waals surface area contributed by atoms with E-state index in [4.69, 9.17) is 0 Å². The Morgan fingerprint density at radius 1 is 1.50 bits per heavy atom. The molecule has 2 unspecified atom stereocenters. The lowest BCUT2D eigenvalue weighted by Gasteiger charge is -2.17. The van der Waals surface area contributed by atoms with Crippen LogP contribution in [-0.4, -0.2) is 18.2 Å². The third-order valence-electron chi connectivity index (χ3n) is 1.79. The van der Waals surface area contributed by atoms with Crippen LogP contribution in [0.2, 0.25) is 0 Å². The van der Waals surface area contributed by atoms with Gasteiger partial charge in [-0.3, -0.25) is 4.79 Å². The van der Waals surface area contributed by atoms with Crippen molar-refractivity contribution in [3.05, 3.63) is 0 Å². The summed E-state index contributed by atoms with van der Waals surface area (Å²) >= 11 is 0. The maximum absolute atomic E-state index is 12.4. The summed E-state index contributed by atoms with van der Waals surface area (Å²) in [7, 11) is 0. The van der Waals surface area contributed by atoms with Crippen LogP contribution in [0.5, 0.6) is 0 Å². The van der Waals surface area contributed by atoms with Crippen LogP contribution in [0.3, 0.4) is 0 Å².